The van der Waals surface area contributed by atoms with Crippen LogP contribution >= 0.6 is 0 Å². The van der Waals surface area contributed by atoms with E-state index in [-0.39, 0.29) is 0 Å². The molecule has 1 saturated carbocycles. The predicted molar refractivity (Wildman–Crippen MR) is 79.0 cm³/mol. The number of hydrogen-bond acceptors (Lipinski definition) is 1. The Morgan fingerprint density at radius 3 is 2.06 bits per heavy atom. The number of hydrogen-bond donors (Lipinski definition) is 1. The normalized spacial score (nSPS) is 14.6. The summed E-state index contributed by atoms with van der Waals surface area (Å²) in [6.07, 6.45) is 8.73. The zero-order valence-corrected chi connectivity index (χ0v) is 12.0. The minimum Gasteiger partial charge on any atom is -0.396 e. The largest absolute Gasteiger partial charge is 0.396 e. The Kier molecular flexibility index (Phi) is 7.75. The third kappa shape index (κ3) is 5.22. The van der Waals surface area contributed by atoms with Crippen molar-refractivity contribution < 1.29 is 5.11 Å². The molecular weight excluding hydrogens is 220 g/mol. The van der Waals surface area contributed by atoms with E-state index in [9.17, 15) is 0 Å². The molecule has 0 spiro atoms. The minimum atomic E-state index is 0.355. The van der Waals surface area contributed by atoms with Crippen LogP contribution in [0.4, 0.5) is 0 Å². The van der Waals surface area contributed by atoms with Crippen LogP contribution in [-0.2, 0) is 6.42 Å². The van der Waals surface area contributed by atoms with Gasteiger partial charge in [0.05, 0.1) is 0 Å². The number of rotatable bonds is 5. The lowest BCUT2D eigenvalue weighted by Crippen LogP contribution is -2.08. The molecule has 1 heteroatoms. The van der Waals surface area contributed by atoms with E-state index < -0.39 is 0 Å². The van der Waals surface area contributed by atoms with Crippen LogP contribution < -0.4 is 0 Å². The molecule has 0 aliphatic heterocycles. The first-order valence-electron chi connectivity index (χ1n) is 7.51. The zero-order valence-electron chi connectivity index (χ0n) is 12.0. The fourth-order valence-corrected chi connectivity index (χ4v) is 2.13. The number of aryl methyl sites for hydroxylation is 1. The molecule has 0 aromatic heterocycles. The van der Waals surface area contributed by atoms with Crippen molar-refractivity contribution in [2.24, 2.45) is 0 Å². The van der Waals surface area contributed by atoms with Gasteiger partial charge in [0.1, 0.15) is 0 Å². The van der Waals surface area contributed by atoms with Crippen LogP contribution in [-0.4, -0.2) is 11.7 Å². The molecule has 0 saturated heterocycles. The van der Waals surface area contributed by atoms with Crippen LogP contribution in [0.3, 0.4) is 0 Å². The van der Waals surface area contributed by atoms with Crippen molar-refractivity contribution in [3.05, 3.63) is 35.4 Å². The van der Waals surface area contributed by atoms with E-state index in [2.05, 4.69) is 38.1 Å². The Balaban J connectivity index is 0.000000232. The highest BCUT2D eigenvalue weighted by atomic mass is 16.2. The fraction of sp³-hybridized carbons (Fsp3) is 0.647. The predicted octanol–water partition coefficient (Wildman–Crippen LogP) is 4.69. The molecule has 1 aromatic carbocycles. The van der Waals surface area contributed by atoms with E-state index in [0.29, 0.717) is 6.61 Å². The molecule has 18 heavy (non-hydrogen) atoms. The average Bonchev–Trinajstić information content (AvgIpc) is 2.36. The maximum Gasteiger partial charge on any atom is 0.0431 e. The second-order valence-corrected chi connectivity index (χ2v) is 5.15. The molecule has 1 fully saturated rings. The van der Waals surface area contributed by atoms with Crippen LogP contribution in [0, 0.1) is 0 Å². The highest BCUT2D eigenvalue weighted by Gasteiger charge is 2.18. The summed E-state index contributed by atoms with van der Waals surface area (Å²) >= 11 is 0. The molecule has 1 aliphatic carbocycles. The van der Waals surface area contributed by atoms with Gasteiger partial charge in [-0.25, -0.2) is 0 Å². The molecule has 2 rings (SSSR count). The number of benzene rings is 1. The summed E-state index contributed by atoms with van der Waals surface area (Å²) in [5.74, 6) is 0.885. The lowest BCUT2D eigenvalue weighted by Gasteiger charge is -2.25. The van der Waals surface area contributed by atoms with Gasteiger partial charge in [0.15, 0.2) is 0 Å². The highest BCUT2D eigenvalue weighted by Crippen LogP contribution is 2.36. The molecule has 102 valence electrons. The monoisotopic (exact) mass is 248 g/mol. The smallest absolute Gasteiger partial charge is 0.0431 e. The van der Waals surface area contributed by atoms with Gasteiger partial charge in [-0.3, -0.25) is 0 Å². The first kappa shape index (κ1) is 15.2. The zero-order chi connectivity index (χ0) is 13.2. The summed E-state index contributed by atoms with van der Waals surface area (Å²) in [5.41, 5.74) is 3.01. The summed E-state index contributed by atoms with van der Waals surface area (Å²) in [7, 11) is 0. The lowest BCUT2D eigenvalue weighted by molar-refractivity contribution is 0.284. The summed E-state index contributed by atoms with van der Waals surface area (Å²) in [4.78, 5) is 0. The van der Waals surface area contributed by atoms with Crippen LogP contribution in [0.25, 0.3) is 0 Å². The maximum absolute atomic E-state index is 8.20. The molecule has 1 aromatic rings. The molecule has 0 radical (unpaired) electrons. The molecule has 1 aliphatic rings. The fourth-order valence-electron chi connectivity index (χ4n) is 2.13. The van der Waals surface area contributed by atoms with E-state index in [0.717, 1.165) is 25.2 Å². The first-order valence-corrected chi connectivity index (χ1v) is 7.51. The van der Waals surface area contributed by atoms with Gasteiger partial charge in [0.25, 0.3) is 0 Å². The third-order valence-corrected chi connectivity index (χ3v) is 3.73. The van der Waals surface area contributed by atoms with Crippen LogP contribution in [0.15, 0.2) is 24.3 Å². The average molecular weight is 248 g/mol. The van der Waals surface area contributed by atoms with E-state index in [1.165, 1.54) is 31.2 Å². The van der Waals surface area contributed by atoms with Crippen molar-refractivity contribution in [2.75, 3.05) is 6.61 Å². The van der Waals surface area contributed by atoms with E-state index in [1.807, 2.05) is 0 Å². The van der Waals surface area contributed by atoms with E-state index >= 15 is 0 Å². The topological polar surface area (TPSA) is 20.2 Å². The molecule has 0 unspecified atom stereocenters. The molecular formula is C17H28O. The van der Waals surface area contributed by atoms with Gasteiger partial charge in [0.2, 0.25) is 0 Å². The quantitative estimate of drug-likeness (QED) is 0.750. The molecule has 0 bridgehead atoms. The van der Waals surface area contributed by atoms with Gasteiger partial charge < -0.3 is 5.11 Å². The second-order valence-electron chi connectivity index (χ2n) is 5.15. The van der Waals surface area contributed by atoms with Crippen molar-refractivity contribution in [1.82, 2.24) is 0 Å². The Hall–Kier alpha value is -0.820. The third-order valence-electron chi connectivity index (χ3n) is 3.73. The summed E-state index contributed by atoms with van der Waals surface area (Å²) in [6, 6.07) is 9.16. The van der Waals surface area contributed by atoms with Crippen molar-refractivity contribution >= 4 is 0 Å². The lowest BCUT2D eigenvalue weighted by atomic mass is 9.80. The summed E-state index contributed by atoms with van der Waals surface area (Å²) in [6.45, 7) is 4.68. The number of unbranched alkanes of at least 4 members (excludes halogenated alkanes) is 2. The van der Waals surface area contributed by atoms with Crippen LogP contribution in [0.5, 0.6) is 0 Å². The molecule has 0 atom stereocenters. The maximum atomic E-state index is 8.20. The SMILES string of the molecule is CCCCCO.CCc1ccc(C2CCC2)cc1. The van der Waals surface area contributed by atoms with Crippen molar-refractivity contribution in [3.8, 4) is 0 Å². The number of aliphatic hydroxyl groups excluding tert-OH is 1. The second kappa shape index (κ2) is 9.16. The highest BCUT2D eigenvalue weighted by molar-refractivity contribution is 5.26. The van der Waals surface area contributed by atoms with Gasteiger partial charge in [0, 0.05) is 6.61 Å². The van der Waals surface area contributed by atoms with Crippen LogP contribution in [0.1, 0.15) is 69.4 Å². The van der Waals surface area contributed by atoms with Gasteiger partial charge in [-0.2, -0.15) is 0 Å². The molecule has 1 N–H and O–H groups in total. The van der Waals surface area contributed by atoms with Crippen LogP contribution in [0.2, 0.25) is 0 Å². The molecule has 1 nitrogen and oxygen atoms in total. The molecule has 0 amide bonds. The van der Waals surface area contributed by atoms with E-state index in [4.69, 9.17) is 5.11 Å². The van der Waals surface area contributed by atoms with Crippen molar-refractivity contribution in [1.29, 1.82) is 0 Å². The Bertz CT molecular complexity index is 294. The van der Waals surface area contributed by atoms with E-state index in [1.54, 1.807) is 5.56 Å². The first-order chi connectivity index (χ1) is 8.81. The van der Waals surface area contributed by atoms with Crippen molar-refractivity contribution in [3.63, 3.8) is 0 Å². The van der Waals surface area contributed by atoms with Gasteiger partial charge >= 0.3 is 0 Å². The molecule has 0 heterocycles. The Labute approximate surface area is 112 Å². The minimum absolute atomic E-state index is 0.355. The van der Waals surface area contributed by atoms with Gasteiger partial charge in [-0.15, -0.1) is 0 Å². The van der Waals surface area contributed by atoms with Crippen molar-refractivity contribution in [2.45, 2.75) is 64.7 Å². The van der Waals surface area contributed by atoms with Gasteiger partial charge in [-0.1, -0.05) is 57.4 Å². The Morgan fingerprint density at radius 1 is 1.06 bits per heavy atom. The van der Waals surface area contributed by atoms with Gasteiger partial charge in [-0.05, 0) is 42.7 Å². The number of aliphatic hydroxyl groups is 1. The summed E-state index contributed by atoms with van der Waals surface area (Å²) in [5, 5.41) is 8.20. The summed E-state index contributed by atoms with van der Waals surface area (Å²) < 4.78 is 0. The standard InChI is InChI=1S/C12H16.C5H12O/c1-2-10-6-8-12(9-7-10)11-4-3-5-11;1-2-3-4-5-6/h6-9,11H,2-5H2,1H3;6H,2-5H2,1H3. The Morgan fingerprint density at radius 2 is 1.72 bits per heavy atom.